The summed E-state index contributed by atoms with van der Waals surface area (Å²) in [5.41, 5.74) is 1.68. The second-order valence-electron chi connectivity index (χ2n) is 5.30. The maximum absolute atomic E-state index is 12.1. The van der Waals surface area contributed by atoms with E-state index in [2.05, 4.69) is 5.32 Å². The van der Waals surface area contributed by atoms with Crippen LogP contribution in [0.3, 0.4) is 0 Å². The quantitative estimate of drug-likeness (QED) is 0.922. The molecule has 1 aliphatic rings. The number of aryl methyl sites for hydroxylation is 1. The van der Waals surface area contributed by atoms with E-state index in [0.29, 0.717) is 29.2 Å². The summed E-state index contributed by atoms with van der Waals surface area (Å²) in [7, 11) is 3.23. The van der Waals surface area contributed by atoms with Gasteiger partial charge in [0.05, 0.1) is 19.8 Å². The molecule has 5 nitrogen and oxygen atoms in total. The number of amides is 1. The van der Waals surface area contributed by atoms with Gasteiger partial charge in [-0.15, -0.1) is 0 Å². The van der Waals surface area contributed by atoms with Crippen LogP contribution in [0.1, 0.15) is 22.3 Å². The normalized spacial score (nSPS) is 16.1. The lowest BCUT2D eigenvalue weighted by Crippen LogP contribution is -2.43. The van der Waals surface area contributed by atoms with Crippen molar-refractivity contribution in [2.75, 3.05) is 14.2 Å². The lowest BCUT2D eigenvalue weighted by Gasteiger charge is -2.26. The zero-order chi connectivity index (χ0) is 16.2. The highest BCUT2D eigenvalue weighted by atomic mass is 16.5. The molecule has 5 heteroatoms. The molecule has 1 aliphatic heterocycles. The Morgan fingerprint density at radius 1 is 1.09 bits per heavy atom. The van der Waals surface area contributed by atoms with Gasteiger partial charge in [-0.2, -0.15) is 0 Å². The zero-order valence-corrected chi connectivity index (χ0v) is 13.2. The summed E-state index contributed by atoms with van der Waals surface area (Å²) in [5.74, 6) is 1.94. The van der Waals surface area contributed by atoms with Gasteiger partial charge in [-0.3, -0.25) is 4.79 Å². The third-order valence-corrected chi connectivity index (χ3v) is 3.84. The van der Waals surface area contributed by atoms with E-state index < -0.39 is 0 Å². The smallest absolute Gasteiger partial charge is 0.257 e. The maximum Gasteiger partial charge on any atom is 0.257 e. The summed E-state index contributed by atoms with van der Waals surface area (Å²) in [6, 6.07) is 13.1. The summed E-state index contributed by atoms with van der Waals surface area (Å²) in [5, 5.41) is 2.88. The molecular weight excluding hydrogens is 294 g/mol. The third-order valence-electron chi connectivity index (χ3n) is 3.84. The Morgan fingerprint density at radius 3 is 2.65 bits per heavy atom. The molecule has 0 radical (unpaired) electrons. The molecule has 1 heterocycles. The first-order valence-corrected chi connectivity index (χ1v) is 7.48. The van der Waals surface area contributed by atoms with Gasteiger partial charge in [-0.05, 0) is 36.2 Å². The molecule has 0 aliphatic carbocycles. The minimum absolute atomic E-state index is 0.0934. The van der Waals surface area contributed by atoms with Gasteiger partial charge >= 0.3 is 0 Å². The number of rotatable bonds is 5. The number of fused-ring (bicyclic) bond motifs is 1. The Balaban J connectivity index is 1.67. The molecule has 120 valence electrons. The van der Waals surface area contributed by atoms with Gasteiger partial charge in [0.2, 0.25) is 0 Å². The first-order chi connectivity index (χ1) is 11.2. The minimum atomic E-state index is -0.328. The molecule has 2 aromatic rings. The average Bonchev–Trinajstić information content (AvgIpc) is 2.59. The highest BCUT2D eigenvalue weighted by Gasteiger charge is 2.24. The van der Waals surface area contributed by atoms with Crippen molar-refractivity contribution in [3.05, 3.63) is 53.6 Å². The van der Waals surface area contributed by atoms with E-state index >= 15 is 0 Å². The van der Waals surface area contributed by atoms with Gasteiger partial charge in [-0.25, -0.2) is 0 Å². The topological polar surface area (TPSA) is 56.8 Å². The molecule has 2 aromatic carbocycles. The highest BCUT2D eigenvalue weighted by molar-refractivity contribution is 5.97. The number of carbonyl (C=O) groups is 1. The van der Waals surface area contributed by atoms with Crippen molar-refractivity contribution >= 4 is 5.91 Å². The SMILES string of the molecule is COc1ccc(CC[C@H]2NC(=O)c3ccccc3O2)cc1OC. The van der Waals surface area contributed by atoms with Crippen LogP contribution < -0.4 is 19.5 Å². The molecule has 3 rings (SSSR count). The van der Waals surface area contributed by atoms with Crippen molar-refractivity contribution in [1.82, 2.24) is 5.32 Å². The molecule has 0 bridgehead atoms. The molecular formula is C18H19NO4. The van der Waals surface area contributed by atoms with Crippen LogP contribution >= 0.6 is 0 Å². The second-order valence-corrected chi connectivity index (χ2v) is 5.30. The van der Waals surface area contributed by atoms with Crippen LogP contribution in [0, 0.1) is 0 Å². The molecule has 23 heavy (non-hydrogen) atoms. The van der Waals surface area contributed by atoms with Crippen molar-refractivity contribution in [1.29, 1.82) is 0 Å². The number of carbonyl (C=O) groups excluding carboxylic acids is 1. The highest BCUT2D eigenvalue weighted by Crippen LogP contribution is 2.29. The second kappa shape index (κ2) is 6.60. The van der Waals surface area contributed by atoms with Crippen molar-refractivity contribution in [3.8, 4) is 17.2 Å². The Hall–Kier alpha value is -2.69. The fourth-order valence-corrected chi connectivity index (χ4v) is 2.63. The van der Waals surface area contributed by atoms with Crippen LogP contribution in [0.4, 0.5) is 0 Å². The predicted molar refractivity (Wildman–Crippen MR) is 86.2 cm³/mol. The zero-order valence-electron chi connectivity index (χ0n) is 13.2. The Kier molecular flexibility index (Phi) is 4.37. The van der Waals surface area contributed by atoms with Gasteiger partial charge in [0, 0.05) is 6.42 Å². The van der Waals surface area contributed by atoms with Crippen molar-refractivity contribution < 1.29 is 19.0 Å². The number of methoxy groups -OCH3 is 2. The molecule has 0 saturated carbocycles. The predicted octanol–water partition coefficient (Wildman–Crippen LogP) is 2.78. The molecule has 0 fully saturated rings. The van der Waals surface area contributed by atoms with E-state index in [-0.39, 0.29) is 12.1 Å². The van der Waals surface area contributed by atoms with E-state index in [1.807, 2.05) is 36.4 Å². The first-order valence-electron chi connectivity index (χ1n) is 7.48. The number of benzene rings is 2. The maximum atomic E-state index is 12.1. The number of hydrogen-bond acceptors (Lipinski definition) is 4. The number of hydrogen-bond donors (Lipinski definition) is 1. The first kappa shape index (κ1) is 15.2. The van der Waals surface area contributed by atoms with E-state index in [4.69, 9.17) is 14.2 Å². The van der Waals surface area contributed by atoms with Crippen LogP contribution in [-0.4, -0.2) is 26.4 Å². The summed E-state index contributed by atoms with van der Waals surface area (Å²) in [6.07, 6.45) is 1.11. The molecule has 1 amide bonds. The van der Waals surface area contributed by atoms with Crippen LogP contribution in [0.15, 0.2) is 42.5 Å². The van der Waals surface area contributed by atoms with Gasteiger partial charge in [-0.1, -0.05) is 18.2 Å². The lowest BCUT2D eigenvalue weighted by atomic mass is 10.1. The summed E-state index contributed by atoms with van der Waals surface area (Å²) in [4.78, 5) is 12.1. The van der Waals surface area contributed by atoms with Crippen molar-refractivity contribution in [2.45, 2.75) is 19.1 Å². The fraction of sp³-hybridized carbons (Fsp3) is 0.278. The fourth-order valence-electron chi connectivity index (χ4n) is 2.63. The van der Waals surface area contributed by atoms with E-state index in [1.165, 1.54) is 0 Å². The minimum Gasteiger partial charge on any atom is -0.493 e. The standard InChI is InChI=1S/C18H19NO4/c1-21-15-9-7-12(11-16(15)22-2)8-10-17-19-18(20)13-5-3-4-6-14(13)23-17/h3-7,9,11,17H,8,10H2,1-2H3,(H,19,20)/t17-/m0/s1. The third kappa shape index (κ3) is 3.23. The molecule has 0 aromatic heterocycles. The van der Waals surface area contributed by atoms with Gasteiger partial charge in [0.1, 0.15) is 5.75 Å². The Labute approximate surface area is 135 Å². The van der Waals surface area contributed by atoms with E-state index in [0.717, 1.165) is 12.0 Å². The summed E-state index contributed by atoms with van der Waals surface area (Å²) in [6.45, 7) is 0. The van der Waals surface area contributed by atoms with Crippen LogP contribution in [0.5, 0.6) is 17.2 Å². The van der Waals surface area contributed by atoms with Crippen molar-refractivity contribution in [3.63, 3.8) is 0 Å². The largest absolute Gasteiger partial charge is 0.493 e. The average molecular weight is 313 g/mol. The van der Waals surface area contributed by atoms with Crippen LogP contribution in [0.2, 0.25) is 0 Å². The molecule has 0 saturated heterocycles. The Morgan fingerprint density at radius 2 is 1.87 bits per heavy atom. The van der Waals surface area contributed by atoms with Gasteiger partial charge in [0.15, 0.2) is 17.7 Å². The number of ether oxygens (including phenoxy) is 3. The van der Waals surface area contributed by atoms with Gasteiger partial charge in [0.25, 0.3) is 5.91 Å². The van der Waals surface area contributed by atoms with Crippen LogP contribution in [0.25, 0.3) is 0 Å². The van der Waals surface area contributed by atoms with Gasteiger partial charge < -0.3 is 19.5 Å². The number of para-hydroxylation sites is 1. The molecule has 0 unspecified atom stereocenters. The van der Waals surface area contributed by atoms with E-state index in [1.54, 1.807) is 20.3 Å². The lowest BCUT2D eigenvalue weighted by molar-refractivity contribution is 0.0741. The molecule has 1 N–H and O–H groups in total. The summed E-state index contributed by atoms with van der Waals surface area (Å²) >= 11 is 0. The molecule has 1 atom stereocenters. The van der Waals surface area contributed by atoms with E-state index in [9.17, 15) is 4.79 Å². The Bertz CT molecular complexity index is 714. The van der Waals surface area contributed by atoms with Crippen molar-refractivity contribution in [2.24, 2.45) is 0 Å². The number of nitrogens with one attached hydrogen (secondary N) is 1. The molecule has 0 spiro atoms. The summed E-state index contributed by atoms with van der Waals surface area (Å²) < 4.78 is 16.4. The van der Waals surface area contributed by atoms with Crippen LogP contribution in [-0.2, 0) is 6.42 Å². The monoisotopic (exact) mass is 313 g/mol.